The lowest BCUT2D eigenvalue weighted by molar-refractivity contribution is -0.139. The molecule has 0 aliphatic carbocycles. The summed E-state index contributed by atoms with van der Waals surface area (Å²) in [5, 5.41) is 10.4. The number of aromatic hydroxyl groups is 1. The Bertz CT molecular complexity index is 1670. The number of carbonyl (C=O) groups is 1. The molecule has 38 heavy (non-hydrogen) atoms. The van der Waals surface area contributed by atoms with Crippen LogP contribution in [0, 0.1) is 0 Å². The topological polar surface area (TPSA) is 109 Å². The van der Waals surface area contributed by atoms with E-state index in [1.165, 1.54) is 23.0 Å². The monoisotopic (exact) mass is 534 g/mol. The number of carbonyl (C=O) groups excluding carboxylic acids is 1. The van der Waals surface area contributed by atoms with Gasteiger partial charge in [0.15, 0.2) is 27.8 Å². The highest BCUT2D eigenvalue weighted by Crippen LogP contribution is 2.38. The summed E-state index contributed by atoms with van der Waals surface area (Å²) in [4.78, 5) is 32.0. The number of allylic oxidation sites excluding steroid dienone is 2. The van der Waals surface area contributed by atoms with E-state index in [9.17, 15) is 14.7 Å². The maximum Gasteiger partial charge on any atom is 0.338 e. The first-order valence-electron chi connectivity index (χ1n) is 12.0. The minimum absolute atomic E-state index is 0.0310. The smallest absolute Gasteiger partial charge is 0.338 e. The Kier molecular flexibility index (Phi) is 6.81. The fourth-order valence-corrected chi connectivity index (χ4v) is 5.63. The van der Waals surface area contributed by atoms with Crippen LogP contribution in [0.5, 0.6) is 23.0 Å². The van der Waals surface area contributed by atoms with Crippen molar-refractivity contribution in [1.82, 2.24) is 4.57 Å². The third-order valence-corrected chi connectivity index (χ3v) is 7.27. The normalized spacial score (nSPS) is 16.2. The molecule has 0 saturated heterocycles. The minimum atomic E-state index is -0.771. The molecule has 1 aromatic heterocycles. The summed E-state index contributed by atoms with van der Waals surface area (Å²) in [6.45, 7) is 7.49. The quantitative estimate of drug-likeness (QED) is 0.367. The van der Waals surface area contributed by atoms with Gasteiger partial charge < -0.3 is 24.1 Å². The van der Waals surface area contributed by atoms with Crippen LogP contribution >= 0.6 is 11.3 Å². The lowest BCUT2D eigenvalue weighted by Gasteiger charge is -2.24. The molecule has 1 atom stereocenters. The molecule has 10 heteroatoms. The Morgan fingerprint density at radius 2 is 2.08 bits per heavy atom. The van der Waals surface area contributed by atoms with Gasteiger partial charge in [-0.25, -0.2) is 9.79 Å². The first-order chi connectivity index (χ1) is 18.4. The zero-order valence-corrected chi connectivity index (χ0v) is 22.0. The van der Waals surface area contributed by atoms with Gasteiger partial charge in [0, 0.05) is 5.56 Å². The Morgan fingerprint density at radius 3 is 2.82 bits per heavy atom. The number of phenols is 1. The van der Waals surface area contributed by atoms with Gasteiger partial charge in [-0.1, -0.05) is 23.5 Å². The van der Waals surface area contributed by atoms with Gasteiger partial charge in [-0.2, -0.15) is 0 Å². The first kappa shape index (κ1) is 25.3. The summed E-state index contributed by atoms with van der Waals surface area (Å²) < 4.78 is 23.6. The number of methoxy groups -OCH3 is 1. The summed E-state index contributed by atoms with van der Waals surface area (Å²) >= 11 is 1.21. The molecule has 9 nitrogen and oxygen atoms in total. The van der Waals surface area contributed by atoms with Crippen LogP contribution in [-0.2, 0) is 16.0 Å². The molecule has 2 aliphatic rings. The van der Waals surface area contributed by atoms with Crippen LogP contribution in [0.15, 0.2) is 64.0 Å². The predicted molar refractivity (Wildman–Crippen MR) is 142 cm³/mol. The number of aromatic nitrogens is 1. The summed E-state index contributed by atoms with van der Waals surface area (Å²) in [7, 11) is 1.47. The van der Waals surface area contributed by atoms with Crippen molar-refractivity contribution in [3.63, 3.8) is 0 Å². The predicted octanol–water partition coefficient (Wildman–Crippen LogP) is 2.97. The Labute approximate surface area is 222 Å². The molecule has 0 saturated carbocycles. The van der Waals surface area contributed by atoms with Gasteiger partial charge in [-0.3, -0.25) is 9.36 Å². The Hall–Kier alpha value is -4.31. The molecule has 2 aromatic carbocycles. The second-order valence-electron chi connectivity index (χ2n) is 8.64. The fourth-order valence-electron chi connectivity index (χ4n) is 4.58. The van der Waals surface area contributed by atoms with E-state index in [2.05, 4.69) is 11.6 Å². The van der Waals surface area contributed by atoms with Gasteiger partial charge in [0.05, 0.1) is 35.6 Å². The zero-order chi connectivity index (χ0) is 27.0. The van der Waals surface area contributed by atoms with Crippen LogP contribution in [-0.4, -0.2) is 36.2 Å². The molecule has 0 spiro atoms. The van der Waals surface area contributed by atoms with Crippen molar-refractivity contribution < 1.29 is 28.8 Å². The van der Waals surface area contributed by atoms with E-state index in [-0.39, 0.29) is 30.3 Å². The van der Waals surface area contributed by atoms with Crippen LogP contribution in [0.25, 0.3) is 6.08 Å². The molecule has 0 amide bonds. The Morgan fingerprint density at radius 1 is 1.29 bits per heavy atom. The molecule has 0 unspecified atom stereocenters. The number of benzene rings is 2. The van der Waals surface area contributed by atoms with E-state index < -0.39 is 12.0 Å². The number of ether oxygens (including phenoxy) is 4. The molecule has 1 N–H and O–H groups in total. The van der Waals surface area contributed by atoms with Crippen molar-refractivity contribution in [3.05, 3.63) is 90.6 Å². The van der Waals surface area contributed by atoms with E-state index in [1.807, 2.05) is 0 Å². The third-order valence-electron chi connectivity index (χ3n) is 6.29. The van der Waals surface area contributed by atoms with Crippen molar-refractivity contribution >= 4 is 23.4 Å². The highest BCUT2D eigenvalue weighted by molar-refractivity contribution is 7.07. The average molecular weight is 535 g/mol. The van der Waals surface area contributed by atoms with Crippen molar-refractivity contribution in [2.75, 3.05) is 20.5 Å². The number of thiazole rings is 1. The number of esters is 1. The van der Waals surface area contributed by atoms with Gasteiger partial charge in [0.25, 0.3) is 5.56 Å². The largest absolute Gasteiger partial charge is 0.504 e. The van der Waals surface area contributed by atoms with Gasteiger partial charge in [0.2, 0.25) is 6.79 Å². The number of nitrogens with zero attached hydrogens (tertiary/aromatic N) is 2. The molecule has 196 valence electrons. The lowest BCUT2D eigenvalue weighted by atomic mass is 9.95. The number of hydrogen-bond donors (Lipinski definition) is 1. The van der Waals surface area contributed by atoms with Crippen molar-refractivity contribution in [3.8, 4) is 23.0 Å². The Balaban J connectivity index is 1.71. The van der Waals surface area contributed by atoms with Crippen molar-refractivity contribution in [2.24, 2.45) is 4.99 Å². The number of hydrogen-bond acceptors (Lipinski definition) is 9. The van der Waals surface area contributed by atoms with Crippen molar-refractivity contribution in [1.29, 1.82) is 0 Å². The van der Waals surface area contributed by atoms with Gasteiger partial charge in [-0.05, 0) is 61.7 Å². The van der Waals surface area contributed by atoms with Gasteiger partial charge in [-0.15, -0.1) is 6.58 Å². The van der Waals surface area contributed by atoms with E-state index in [0.717, 1.165) is 0 Å². The van der Waals surface area contributed by atoms with Crippen LogP contribution in [0.1, 0.15) is 36.6 Å². The standard InChI is InChI=1S/C28H26N2O7S/c1-5-7-18-10-16(11-21(34-4)25(18)31)12-22-26(32)30-24(17-8-9-19-20(13-17)37-14-36-19)23(27(33)35-6-2)15(3)29-28(30)38-22/h5,8-13,24,31H,1,6-7,14H2,2-4H3/b22-12+/t24-/m1/s1. The maximum atomic E-state index is 13.9. The van der Waals surface area contributed by atoms with E-state index in [4.69, 9.17) is 18.9 Å². The minimum Gasteiger partial charge on any atom is -0.504 e. The second-order valence-corrected chi connectivity index (χ2v) is 9.65. The van der Waals surface area contributed by atoms with Crippen LogP contribution in [0.4, 0.5) is 0 Å². The molecule has 0 radical (unpaired) electrons. The van der Waals surface area contributed by atoms with Crippen molar-refractivity contribution in [2.45, 2.75) is 26.3 Å². The van der Waals surface area contributed by atoms with Gasteiger partial charge in [0.1, 0.15) is 0 Å². The molecule has 5 rings (SSSR count). The molecule has 2 aliphatic heterocycles. The zero-order valence-electron chi connectivity index (χ0n) is 21.1. The SMILES string of the molecule is C=CCc1cc(/C=c2/sc3n(c2=O)[C@H](c2ccc4c(c2)OCO4)C(C(=O)OCC)=C(C)N=3)cc(OC)c1O. The third kappa shape index (κ3) is 4.37. The maximum absolute atomic E-state index is 13.9. The lowest BCUT2D eigenvalue weighted by Crippen LogP contribution is -2.39. The summed E-state index contributed by atoms with van der Waals surface area (Å²) in [5.41, 5.74) is 2.39. The van der Waals surface area contributed by atoms with Crippen LogP contribution < -0.4 is 29.1 Å². The summed E-state index contributed by atoms with van der Waals surface area (Å²) in [5.74, 6) is 0.915. The highest BCUT2D eigenvalue weighted by atomic mass is 32.1. The summed E-state index contributed by atoms with van der Waals surface area (Å²) in [6, 6.07) is 8.00. The van der Waals surface area contributed by atoms with E-state index in [1.54, 1.807) is 56.3 Å². The van der Waals surface area contributed by atoms with Crippen LogP contribution in [0.3, 0.4) is 0 Å². The number of rotatable bonds is 7. The van der Waals surface area contributed by atoms with E-state index >= 15 is 0 Å². The second kappa shape index (κ2) is 10.2. The van der Waals surface area contributed by atoms with E-state index in [0.29, 0.717) is 55.4 Å². The number of phenolic OH excluding ortho intramolecular Hbond substituents is 1. The molecule has 3 heterocycles. The number of fused-ring (bicyclic) bond motifs is 2. The molecule has 0 fully saturated rings. The fraction of sp³-hybridized carbons (Fsp3) is 0.250. The van der Waals surface area contributed by atoms with Gasteiger partial charge >= 0.3 is 5.97 Å². The molecule has 0 bridgehead atoms. The van der Waals surface area contributed by atoms with Crippen LogP contribution in [0.2, 0.25) is 0 Å². The summed E-state index contributed by atoms with van der Waals surface area (Å²) in [6.07, 6.45) is 3.83. The highest BCUT2D eigenvalue weighted by Gasteiger charge is 2.34. The average Bonchev–Trinajstić information content (AvgIpc) is 3.48. The first-order valence-corrected chi connectivity index (χ1v) is 12.8. The molecular formula is C28H26N2O7S. The molecular weight excluding hydrogens is 508 g/mol. The molecule has 3 aromatic rings.